The Morgan fingerprint density at radius 1 is 0.444 bits per heavy atom. The summed E-state index contributed by atoms with van der Waals surface area (Å²) in [6.07, 6.45) is 0. The van der Waals surface area contributed by atoms with E-state index in [0.717, 1.165) is 0 Å². The fraction of sp³-hybridized carbons (Fsp3) is 0. The molecule has 0 aromatic heterocycles. The molecule has 9 heteroatoms. The molecule has 0 amide bonds. The molecule has 0 aromatic rings. The molecular formula is H6Al2Cu2In2Te3. The Balaban J connectivity index is 0. The van der Waals surface area contributed by atoms with Crippen LogP contribution in [0.2, 0.25) is 0 Å². The average Bonchev–Trinajstić information content (AvgIpc) is 0. The molecule has 0 aliphatic rings. The fourth-order valence-corrected chi connectivity index (χ4v) is 0. The van der Waals surface area contributed by atoms with Crippen molar-refractivity contribution in [1.82, 2.24) is 0 Å². The summed E-state index contributed by atoms with van der Waals surface area (Å²) in [5.41, 5.74) is 0. The van der Waals surface area contributed by atoms with Crippen molar-refractivity contribution < 1.29 is 34.1 Å². The van der Waals surface area contributed by atoms with Gasteiger partial charge >= 0.3 is 86.4 Å². The SMILES string of the molecule is [Al+3].[Al+3].[Cu].[Cu].[InH3].[InH3].[Te-2].[Te-2].[Te-2]. The van der Waals surface area contributed by atoms with E-state index in [1.807, 2.05) is 0 Å². The van der Waals surface area contributed by atoms with Crippen LogP contribution in [-0.2, 0) is 34.1 Å². The van der Waals surface area contributed by atoms with Crippen molar-refractivity contribution in [2.45, 2.75) is 0 Å². The van der Waals surface area contributed by atoms with Crippen molar-refractivity contribution in [3.05, 3.63) is 0 Å². The third-order valence-electron chi connectivity index (χ3n) is 0. The minimum absolute atomic E-state index is 0. The maximum absolute atomic E-state index is 0. The van der Waals surface area contributed by atoms with E-state index in [9.17, 15) is 0 Å². The zero-order valence-electron chi connectivity index (χ0n) is 2.98. The third-order valence-corrected chi connectivity index (χ3v) is 0. The largest absolute Gasteiger partial charge is 2.00 e. The summed E-state index contributed by atoms with van der Waals surface area (Å²) in [6.45, 7) is 0. The van der Waals surface area contributed by atoms with Crippen molar-refractivity contribution in [2.75, 3.05) is 0 Å². The van der Waals surface area contributed by atoms with Crippen LogP contribution in [0.5, 0.6) is 0 Å². The molecule has 0 N–H and O–H groups in total. The van der Waals surface area contributed by atoms with Gasteiger partial charge < -0.3 is 71.0 Å². The summed E-state index contributed by atoms with van der Waals surface area (Å²) in [6, 6.07) is 0. The van der Waals surface area contributed by atoms with E-state index in [1.165, 1.54) is 0 Å². The molecule has 0 aliphatic heterocycles. The summed E-state index contributed by atoms with van der Waals surface area (Å²) in [4.78, 5) is 0. The van der Waals surface area contributed by atoms with Gasteiger partial charge in [0.15, 0.2) is 0 Å². The number of rotatable bonds is 0. The monoisotopic (exact) mass is 805 g/mol. The van der Waals surface area contributed by atoms with Crippen molar-refractivity contribution in [3.8, 4) is 0 Å². The van der Waals surface area contributed by atoms with Crippen LogP contribution >= 0.6 is 0 Å². The molecule has 0 aliphatic carbocycles. The second-order valence-corrected chi connectivity index (χ2v) is 0. The van der Waals surface area contributed by atoms with Gasteiger partial charge in [-0.25, -0.2) is 0 Å². The smallest absolute Gasteiger partial charge is 2.00 e. The van der Waals surface area contributed by atoms with E-state index in [0.29, 0.717) is 0 Å². The van der Waals surface area contributed by atoms with Gasteiger partial charge in [-0.05, 0) is 0 Å². The first-order valence-corrected chi connectivity index (χ1v) is 0. The predicted molar refractivity (Wildman–Crippen MR) is 48.6 cm³/mol. The van der Waals surface area contributed by atoms with Crippen LogP contribution in [-0.4, -0.2) is 157 Å². The van der Waals surface area contributed by atoms with E-state index < -0.39 is 0 Å². The molecule has 0 heterocycles. The second-order valence-electron chi connectivity index (χ2n) is 0. The van der Waals surface area contributed by atoms with Crippen LogP contribution in [0.1, 0.15) is 0 Å². The minimum atomic E-state index is 0. The van der Waals surface area contributed by atoms with E-state index in [2.05, 4.69) is 0 Å². The van der Waals surface area contributed by atoms with Crippen LogP contribution in [0.25, 0.3) is 0 Å². The molecule has 0 bridgehead atoms. The molecular weight excluding hydrogens is 793 g/mol. The van der Waals surface area contributed by atoms with Gasteiger partial charge in [0.2, 0.25) is 0 Å². The van der Waals surface area contributed by atoms with Crippen LogP contribution in [0, 0.1) is 0 Å². The molecule has 0 saturated heterocycles. The Morgan fingerprint density at radius 3 is 0.444 bits per heavy atom. The molecule has 2 radical (unpaired) electrons. The number of hydrogen-bond donors (Lipinski definition) is 0. The second kappa shape index (κ2) is 64.3. The van der Waals surface area contributed by atoms with Gasteiger partial charge in [0.25, 0.3) is 0 Å². The van der Waals surface area contributed by atoms with Crippen LogP contribution in [0.15, 0.2) is 0 Å². The predicted octanol–water partition coefficient (Wildman–Crippen LogP) is -4.28. The van der Waals surface area contributed by atoms with Gasteiger partial charge in [0, 0.05) is 34.1 Å². The summed E-state index contributed by atoms with van der Waals surface area (Å²) in [5.74, 6) is 0. The topological polar surface area (TPSA) is 0 Å². The zero-order chi connectivity index (χ0) is 0. The summed E-state index contributed by atoms with van der Waals surface area (Å²) in [7, 11) is 0. The molecule has 0 nitrogen and oxygen atoms in total. The van der Waals surface area contributed by atoms with Gasteiger partial charge in [-0.2, -0.15) is 0 Å². The quantitative estimate of drug-likeness (QED) is 0.218. The van der Waals surface area contributed by atoms with E-state index in [-0.39, 0.29) is 192 Å². The molecule has 0 fully saturated rings. The van der Waals surface area contributed by atoms with Crippen LogP contribution in [0.3, 0.4) is 0 Å². The summed E-state index contributed by atoms with van der Waals surface area (Å²) in [5, 5.41) is 0. The Hall–Kier alpha value is 6.21. The van der Waals surface area contributed by atoms with Crippen LogP contribution in [0.4, 0.5) is 0 Å². The van der Waals surface area contributed by atoms with Gasteiger partial charge in [0.1, 0.15) is 0 Å². The first-order chi connectivity index (χ1) is 0. The summed E-state index contributed by atoms with van der Waals surface area (Å²) >= 11 is 0. The Bertz CT molecular complexity index is 17.8. The van der Waals surface area contributed by atoms with Gasteiger partial charge in [0.05, 0.1) is 0 Å². The summed E-state index contributed by atoms with van der Waals surface area (Å²) < 4.78 is 0. The fourth-order valence-electron chi connectivity index (χ4n) is 0. The Morgan fingerprint density at radius 2 is 0.444 bits per heavy atom. The molecule has 0 rings (SSSR count). The molecule has 0 saturated carbocycles. The molecule has 0 aromatic carbocycles. The van der Waals surface area contributed by atoms with Crippen molar-refractivity contribution >= 4 is 157 Å². The standard InChI is InChI=1S/2Al.2Cu.2In.3Te.6H/q2*+3;;;;;3*-2;;;;;;. The minimum Gasteiger partial charge on any atom is -2.00 e. The Labute approximate surface area is 187 Å². The van der Waals surface area contributed by atoms with E-state index in [4.69, 9.17) is 0 Å². The molecule has 0 unspecified atom stereocenters. The Kier molecular flexibility index (Phi) is 569. The molecule has 0 spiro atoms. The van der Waals surface area contributed by atoms with Gasteiger partial charge in [-0.1, -0.05) is 0 Å². The number of hydrogen-bond acceptors (Lipinski definition) is 0. The van der Waals surface area contributed by atoms with Crippen LogP contribution < -0.4 is 0 Å². The molecule has 0 atom stereocenters. The average molecular weight is 800 g/mol. The van der Waals surface area contributed by atoms with Gasteiger partial charge in [-0.3, -0.25) is 0 Å². The first-order valence-electron chi connectivity index (χ1n) is 0. The normalized spacial score (nSPS) is 0. The maximum atomic E-state index is 0. The maximum Gasteiger partial charge on any atom is -2.00 e. The first kappa shape index (κ1) is 79.6. The van der Waals surface area contributed by atoms with E-state index >= 15 is 0 Å². The molecule has 58 valence electrons. The van der Waals surface area contributed by atoms with Crippen molar-refractivity contribution in [3.63, 3.8) is 0 Å². The zero-order valence-corrected chi connectivity index (χ0v) is 14.2. The van der Waals surface area contributed by atoms with E-state index in [1.54, 1.807) is 0 Å². The van der Waals surface area contributed by atoms with Gasteiger partial charge in [-0.15, -0.1) is 0 Å². The molecule has 9 heavy (non-hydrogen) atoms. The van der Waals surface area contributed by atoms with Crippen molar-refractivity contribution in [2.24, 2.45) is 0 Å². The van der Waals surface area contributed by atoms with Crippen molar-refractivity contribution in [1.29, 1.82) is 0 Å². The third kappa shape index (κ3) is 54.9.